The van der Waals surface area contributed by atoms with E-state index < -0.39 is 0 Å². The summed E-state index contributed by atoms with van der Waals surface area (Å²) in [4.78, 5) is 0. The molecule has 0 bridgehead atoms. The summed E-state index contributed by atoms with van der Waals surface area (Å²) in [5.74, 6) is 0. The third kappa shape index (κ3) is 3.39. The van der Waals surface area contributed by atoms with Gasteiger partial charge in [0.2, 0.25) is 0 Å². The van der Waals surface area contributed by atoms with E-state index in [1.165, 1.54) is 25.0 Å². The number of rotatable bonds is 3. The van der Waals surface area contributed by atoms with Gasteiger partial charge in [0, 0.05) is 25.5 Å². The lowest BCUT2D eigenvalue weighted by molar-refractivity contribution is 0.583. The van der Waals surface area contributed by atoms with Gasteiger partial charge in [-0.3, -0.25) is 0 Å². The van der Waals surface area contributed by atoms with E-state index in [1.807, 2.05) is 0 Å². The summed E-state index contributed by atoms with van der Waals surface area (Å²) in [6, 6.07) is 0. The predicted octanol–water partition coefficient (Wildman–Crippen LogP) is 0.150. The molecule has 0 spiro atoms. The molecular weight excluding hydrogens is 138 g/mol. The van der Waals surface area contributed by atoms with Crippen LogP contribution in [0, 0.1) is 0 Å². The van der Waals surface area contributed by atoms with Gasteiger partial charge < -0.3 is 16.4 Å². The van der Waals surface area contributed by atoms with E-state index in [2.05, 4.69) is 16.7 Å². The lowest BCUT2D eigenvalue weighted by Crippen LogP contribution is -2.25. The van der Waals surface area contributed by atoms with Gasteiger partial charge in [0.25, 0.3) is 0 Å². The van der Waals surface area contributed by atoms with E-state index in [4.69, 9.17) is 5.73 Å². The van der Waals surface area contributed by atoms with Crippen LogP contribution >= 0.6 is 0 Å². The van der Waals surface area contributed by atoms with Gasteiger partial charge in [0.15, 0.2) is 0 Å². The fraction of sp³-hybridized carbons (Fsp3) is 0.750. The van der Waals surface area contributed by atoms with Gasteiger partial charge in [-0.2, -0.15) is 0 Å². The maximum Gasteiger partial charge on any atom is 0.0431 e. The summed E-state index contributed by atoms with van der Waals surface area (Å²) in [6.07, 6.45) is 6.02. The van der Waals surface area contributed by atoms with E-state index in [9.17, 15) is 0 Å². The fourth-order valence-corrected chi connectivity index (χ4v) is 1.23. The van der Waals surface area contributed by atoms with E-state index in [-0.39, 0.29) is 0 Å². The predicted molar refractivity (Wildman–Crippen MR) is 47.0 cm³/mol. The van der Waals surface area contributed by atoms with Crippen molar-refractivity contribution in [2.24, 2.45) is 5.73 Å². The molecule has 3 nitrogen and oxygen atoms in total. The van der Waals surface area contributed by atoms with Crippen molar-refractivity contribution in [3.63, 3.8) is 0 Å². The molecule has 0 aromatic heterocycles. The van der Waals surface area contributed by atoms with Crippen molar-refractivity contribution in [3.8, 4) is 0 Å². The molecule has 64 valence electrons. The zero-order valence-electron chi connectivity index (χ0n) is 6.90. The second kappa shape index (κ2) is 5.16. The minimum Gasteiger partial charge on any atom is -0.389 e. The Hall–Kier alpha value is -0.540. The zero-order valence-corrected chi connectivity index (χ0v) is 6.90. The first kappa shape index (κ1) is 8.56. The van der Waals surface area contributed by atoms with Crippen LogP contribution in [0.3, 0.4) is 0 Å². The minimum absolute atomic E-state index is 0.559. The number of allylic oxidation sites excluding steroid dienone is 1. The SMILES string of the molecule is NCNC/C=C1\CCCCN1. The molecule has 0 radical (unpaired) electrons. The smallest absolute Gasteiger partial charge is 0.0431 e. The number of hydrogen-bond donors (Lipinski definition) is 3. The number of hydrogen-bond acceptors (Lipinski definition) is 3. The molecule has 0 atom stereocenters. The molecule has 4 N–H and O–H groups in total. The molecule has 1 rings (SSSR count). The summed E-state index contributed by atoms with van der Waals surface area (Å²) in [7, 11) is 0. The lowest BCUT2D eigenvalue weighted by atomic mass is 10.1. The van der Waals surface area contributed by atoms with Gasteiger partial charge in [0.1, 0.15) is 0 Å². The average molecular weight is 155 g/mol. The highest BCUT2D eigenvalue weighted by Crippen LogP contribution is 2.08. The van der Waals surface area contributed by atoms with Crippen LogP contribution in [0.25, 0.3) is 0 Å². The quantitative estimate of drug-likeness (QED) is 0.401. The Labute approximate surface area is 68.0 Å². The van der Waals surface area contributed by atoms with Crippen molar-refractivity contribution in [2.75, 3.05) is 19.8 Å². The van der Waals surface area contributed by atoms with E-state index >= 15 is 0 Å². The topological polar surface area (TPSA) is 50.1 Å². The molecule has 1 fully saturated rings. The molecule has 1 heterocycles. The van der Waals surface area contributed by atoms with Crippen LogP contribution in [0.2, 0.25) is 0 Å². The first-order valence-corrected chi connectivity index (χ1v) is 4.27. The Morgan fingerprint density at radius 3 is 3.09 bits per heavy atom. The second-order valence-corrected chi connectivity index (χ2v) is 2.77. The summed E-state index contributed by atoms with van der Waals surface area (Å²) < 4.78 is 0. The van der Waals surface area contributed by atoms with E-state index in [0.29, 0.717) is 6.67 Å². The Bertz CT molecular complexity index is 123. The Kier molecular flexibility index (Phi) is 4.01. The largest absolute Gasteiger partial charge is 0.389 e. The van der Waals surface area contributed by atoms with Crippen LogP contribution in [0.1, 0.15) is 19.3 Å². The number of nitrogens with two attached hydrogens (primary N) is 1. The molecule has 11 heavy (non-hydrogen) atoms. The van der Waals surface area contributed by atoms with Crippen LogP contribution in [0.15, 0.2) is 11.8 Å². The highest BCUT2D eigenvalue weighted by Gasteiger charge is 2.01. The minimum atomic E-state index is 0.559. The molecular formula is C8H17N3. The normalized spacial score (nSPS) is 21.7. The third-order valence-corrected chi connectivity index (χ3v) is 1.86. The first-order valence-electron chi connectivity index (χ1n) is 4.27. The third-order valence-electron chi connectivity index (χ3n) is 1.86. The van der Waals surface area contributed by atoms with Crippen LogP contribution < -0.4 is 16.4 Å². The maximum absolute atomic E-state index is 5.28. The van der Waals surface area contributed by atoms with E-state index in [0.717, 1.165) is 13.1 Å². The Balaban J connectivity index is 2.15. The summed E-state index contributed by atoms with van der Waals surface area (Å²) in [6.45, 7) is 2.58. The maximum atomic E-state index is 5.28. The van der Waals surface area contributed by atoms with Crippen molar-refractivity contribution in [3.05, 3.63) is 11.8 Å². The molecule has 1 aliphatic rings. The van der Waals surface area contributed by atoms with E-state index in [1.54, 1.807) is 0 Å². The Morgan fingerprint density at radius 2 is 2.45 bits per heavy atom. The lowest BCUT2D eigenvalue weighted by Gasteiger charge is -2.16. The van der Waals surface area contributed by atoms with Gasteiger partial charge in [-0.1, -0.05) is 6.08 Å². The molecule has 3 heteroatoms. The van der Waals surface area contributed by atoms with Gasteiger partial charge in [-0.25, -0.2) is 0 Å². The fourth-order valence-electron chi connectivity index (χ4n) is 1.23. The summed E-state index contributed by atoms with van der Waals surface area (Å²) in [5, 5.41) is 6.42. The number of nitrogens with one attached hydrogen (secondary N) is 2. The zero-order chi connectivity index (χ0) is 7.94. The first-order chi connectivity index (χ1) is 5.43. The van der Waals surface area contributed by atoms with Gasteiger partial charge in [0.05, 0.1) is 0 Å². The van der Waals surface area contributed by atoms with Crippen LogP contribution in [-0.4, -0.2) is 19.8 Å². The highest BCUT2D eigenvalue weighted by molar-refractivity contribution is 5.02. The molecule has 0 saturated carbocycles. The number of piperidine rings is 1. The standard InChI is InChI=1S/C8H17N3/c9-7-10-6-4-8-3-1-2-5-11-8/h4,10-11H,1-3,5-7,9H2/b8-4+. The summed E-state index contributed by atoms with van der Waals surface area (Å²) >= 11 is 0. The molecule has 0 aromatic carbocycles. The van der Waals surface area contributed by atoms with Crippen LogP contribution in [-0.2, 0) is 0 Å². The van der Waals surface area contributed by atoms with Crippen molar-refractivity contribution in [1.29, 1.82) is 0 Å². The van der Waals surface area contributed by atoms with Crippen LogP contribution in [0.5, 0.6) is 0 Å². The van der Waals surface area contributed by atoms with Crippen molar-refractivity contribution in [2.45, 2.75) is 19.3 Å². The van der Waals surface area contributed by atoms with Gasteiger partial charge in [-0.05, 0) is 19.3 Å². The Morgan fingerprint density at radius 1 is 1.55 bits per heavy atom. The molecule has 1 saturated heterocycles. The molecule has 0 unspecified atom stereocenters. The highest BCUT2D eigenvalue weighted by atomic mass is 15.0. The molecule has 1 aliphatic heterocycles. The average Bonchev–Trinajstić information content (AvgIpc) is 2.07. The monoisotopic (exact) mass is 155 g/mol. The van der Waals surface area contributed by atoms with Crippen molar-refractivity contribution >= 4 is 0 Å². The van der Waals surface area contributed by atoms with Gasteiger partial charge in [-0.15, -0.1) is 0 Å². The summed E-state index contributed by atoms with van der Waals surface area (Å²) in [5.41, 5.74) is 6.66. The van der Waals surface area contributed by atoms with Crippen molar-refractivity contribution < 1.29 is 0 Å². The molecule has 0 aromatic rings. The molecule has 0 amide bonds. The second-order valence-electron chi connectivity index (χ2n) is 2.77. The van der Waals surface area contributed by atoms with Crippen LogP contribution in [0.4, 0.5) is 0 Å². The molecule has 0 aliphatic carbocycles. The van der Waals surface area contributed by atoms with Gasteiger partial charge >= 0.3 is 0 Å². The van der Waals surface area contributed by atoms with Crippen molar-refractivity contribution in [1.82, 2.24) is 10.6 Å².